The largest absolute Gasteiger partial charge is 0.351 e. The Balaban J connectivity index is 0.00000200. The van der Waals surface area contributed by atoms with E-state index in [2.05, 4.69) is 5.32 Å². The summed E-state index contributed by atoms with van der Waals surface area (Å²) in [4.78, 5) is 12.6. The van der Waals surface area contributed by atoms with Crippen LogP contribution in [0.25, 0.3) is 10.1 Å². The minimum absolute atomic E-state index is 0. The number of hydrogen-bond acceptors (Lipinski definition) is 3. The molecule has 1 aromatic carbocycles. The number of rotatable bonds is 5. The van der Waals surface area contributed by atoms with E-state index in [1.54, 1.807) is 6.07 Å². The molecule has 3 nitrogen and oxygen atoms in total. The molecule has 0 saturated carbocycles. The van der Waals surface area contributed by atoms with Crippen molar-refractivity contribution in [3.05, 3.63) is 33.1 Å². The van der Waals surface area contributed by atoms with Gasteiger partial charge in [0, 0.05) is 21.7 Å². The van der Waals surface area contributed by atoms with Gasteiger partial charge in [-0.3, -0.25) is 4.79 Å². The second kappa shape index (κ2) is 8.05. The van der Waals surface area contributed by atoms with Gasteiger partial charge in [-0.15, -0.1) is 23.7 Å². The number of nitrogens with two attached hydrogens (primary N) is 1. The Morgan fingerprint density at radius 1 is 1.30 bits per heavy atom. The van der Waals surface area contributed by atoms with E-state index in [4.69, 9.17) is 28.9 Å². The van der Waals surface area contributed by atoms with Crippen molar-refractivity contribution in [2.75, 3.05) is 13.1 Å². The van der Waals surface area contributed by atoms with E-state index >= 15 is 0 Å². The smallest absolute Gasteiger partial charge is 0.262 e. The lowest BCUT2D eigenvalue weighted by atomic mass is 10.2. The summed E-state index contributed by atoms with van der Waals surface area (Å²) in [6.07, 6.45) is 1.77. The van der Waals surface area contributed by atoms with Crippen molar-refractivity contribution in [1.29, 1.82) is 0 Å². The molecule has 1 heterocycles. The number of amides is 1. The molecule has 7 heteroatoms. The van der Waals surface area contributed by atoms with E-state index in [9.17, 15) is 4.79 Å². The van der Waals surface area contributed by atoms with Gasteiger partial charge in [0.05, 0.1) is 5.02 Å². The second-order valence-electron chi connectivity index (χ2n) is 4.14. The van der Waals surface area contributed by atoms with Crippen LogP contribution in [0, 0.1) is 0 Å². The molecule has 0 aliphatic rings. The van der Waals surface area contributed by atoms with Gasteiger partial charge in [-0.2, -0.15) is 0 Å². The third kappa shape index (κ3) is 3.99. The molecule has 0 atom stereocenters. The third-order valence-corrected chi connectivity index (χ3v) is 4.61. The zero-order valence-electron chi connectivity index (χ0n) is 10.6. The lowest BCUT2D eigenvalue weighted by molar-refractivity contribution is 0.0957. The minimum Gasteiger partial charge on any atom is -0.351 e. The number of fused-ring (bicyclic) bond motifs is 1. The van der Waals surface area contributed by atoms with Gasteiger partial charge < -0.3 is 11.1 Å². The minimum atomic E-state index is -0.139. The number of nitrogens with one attached hydrogen (secondary N) is 1. The number of hydrogen-bond donors (Lipinski definition) is 2. The lowest BCUT2D eigenvalue weighted by Crippen LogP contribution is -2.24. The van der Waals surface area contributed by atoms with Gasteiger partial charge in [0.15, 0.2) is 0 Å². The van der Waals surface area contributed by atoms with Crippen molar-refractivity contribution in [2.45, 2.75) is 12.8 Å². The van der Waals surface area contributed by atoms with Crippen LogP contribution >= 0.6 is 46.9 Å². The van der Waals surface area contributed by atoms with Gasteiger partial charge in [-0.1, -0.05) is 29.3 Å². The maximum absolute atomic E-state index is 12.0. The molecule has 3 N–H and O–H groups in total. The predicted molar refractivity (Wildman–Crippen MR) is 89.7 cm³/mol. The zero-order valence-corrected chi connectivity index (χ0v) is 13.8. The Morgan fingerprint density at radius 3 is 2.75 bits per heavy atom. The SMILES string of the molecule is Cl.NCCCCNC(=O)c1sc2cc(Cl)ccc2c1Cl. The molecule has 0 unspecified atom stereocenters. The maximum Gasteiger partial charge on any atom is 0.262 e. The highest BCUT2D eigenvalue weighted by Crippen LogP contribution is 2.36. The van der Waals surface area contributed by atoms with E-state index in [-0.39, 0.29) is 18.3 Å². The fraction of sp³-hybridized carbons (Fsp3) is 0.308. The second-order valence-corrected chi connectivity index (χ2v) is 6.00. The first-order chi connectivity index (χ1) is 9.13. The van der Waals surface area contributed by atoms with Gasteiger partial charge in [0.1, 0.15) is 4.88 Å². The summed E-state index contributed by atoms with van der Waals surface area (Å²) in [5.74, 6) is -0.139. The van der Waals surface area contributed by atoms with Crippen LogP contribution in [-0.2, 0) is 0 Å². The van der Waals surface area contributed by atoms with E-state index in [0.29, 0.717) is 28.0 Å². The highest BCUT2D eigenvalue weighted by molar-refractivity contribution is 7.21. The maximum atomic E-state index is 12.0. The first-order valence-electron chi connectivity index (χ1n) is 5.99. The first-order valence-corrected chi connectivity index (χ1v) is 7.56. The molecular weight excluding hydrogens is 339 g/mol. The van der Waals surface area contributed by atoms with Crippen LogP contribution in [0.4, 0.5) is 0 Å². The van der Waals surface area contributed by atoms with Gasteiger partial charge in [-0.05, 0) is 31.5 Å². The number of unbranched alkanes of at least 4 members (excludes halogenated alkanes) is 1. The number of carbonyl (C=O) groups excluding carboxylic acids is 1. The van der Waals surface area contributed by atoms with Crippen LogP contribution in [0.5, 0.6) is 0 Å². The third-order valence-electron chi connectivity index (χ3n) is 2.71. The molecule has 0 spiro atoms. The van der Waals surface area contributed by atoms with Crippen molar-refractivity contribution in [3.63, 3.8) is 0 Å². The Kier molecular flexibility index (Phi) is 7.06. The molecule has 1 aromatic heterocycles. The molecule has 0 aliphatic heterocycles. The Labute approximate surface area is 137 Å². The molecule has 110 valence electrons. The van der Waals surface area contributed by atoms with Crippen LogP contribution in [0.15, 0.2) is 18.2 Å². The summed E-state index contributed by atoms with van der Waals surface area (Å²) >= 11 is 13.5. The summed E-state index contributed by atoms with van der Waals surface area (Å²) < 4.78 is 0.921. The quantitative estimate of drug-likeness (QED) is 0.795. The summed E-state index contributed by atoms with van der Waals surface area (Å²) in [6.45, 7) is 1.25. The van der Waals surface area contributed by atoms with Gasteiger partial charge in [0.2, 0.25) is 0 Å². The lowest BCUT2D eigenvalue weighted by Gasteiger charge is -2.02. The molecule has 0 fully saturated rings. The van der Waals surface area contributed by atoms with Crippen molar-refractivity contribution in [3.8, 4) is 0 Å². The van der Waals surface area contributed by atoms with E-state index in [1.807, 2.05) is 12.1 Å². The number of thiophene rings is 1. The molecule has 0 saturated heterocycles. The molecule has 2 aromatic rings. The van der Waals surface area contributed by atoms with Crippen molar-refractivity contribution >= 4 is 62.9 Å². The topological polar surface area (TPSA) is 55.1 Å². The molecule has 0 bridgehead atoms. The Morgan fingerprint density at radius 2 is 2.05 bits per heavy atom. The molecule has 2 rings (SSSR count). The van der Waals surface area contributed by atoms with Crippen LogP contribution in [0.2, 0.25) is 10.0 Å². The molecule has 0 aliphatic carbocycles. The van der Waals surface area contributed by atoms with Crippen molar-refractivity contribution in [1.82, 2.24) is 5.32 Å². The normalized spacial score (nSPS) is 10.3. The number of carbonyl (C=O) groups is 1. The molecule has 1 amide bonds. The van der Waals surface area contributed by atoms with Crippen LogP contribution in [0.3, 0.4) is 0 Å². The summed E-state index contributed by atoms with van der Waals surface area (Å²) in [5.41, 5.74) is 5.40. The summed E-state index contributed by atoms with van der Waals surface area (Å²) in [5, 5.41) is 4.85. The molecule has 20 heavy (non-hydrogen) atoms. The van der Waals surface area contributed by atoms with E-state index in [1.165, 1.54) is 11.3 Å². The number of halogens is 3. The molecule has 0 radical (unpaired) electrons. The van der Waals surface area contributed by atoms with E-state index < -0.39 is 0 Å². The summed E-state index contributed by atoms with van der Waals surface area (Å²) in [6, 6.07) is 5.42. The van der Waals surface area contributed by atoms with Gasteiger partial charge >= 0.3 is 0 Å². The average Bonchev–Trinajstić information content (AvgIpc) is 2.71. The molecular formula is C13H15Cl3N2OS. The fourth-order valence-electron chi connectivity index (χ4n) is 1.74. The number of benzene rings is 1. The fourth-order valence-corrected chi connectivity index (χ4v) is 3.45. The van der Waals surface area contributed by atoms with Gasteiger partial charge in [0.25, 0.3) is 5.91 Å². The van der Waals surface area contributed by atoms with Gasteiger partial charge in [-0.25, -0.2) is 0 Å². The average molecular weight is 354 g/mol. The Hall–Kier alpha value is -0.520. The standard InChI is InChI=1S/C13H14Cl2N2OS.ClH/c14-8-3-4-9-10(7-8)19-12(11(9)15)13(18)17-6-2-1-5-16;/h3-4,7H,1-2,5-6,16H2,(H,17,18);1H. The summed E-state index contributed by atoms with van der Waals surface area (Å²) in [7, 11) is 0. The monoisotopic (exact) mass is 352 g/mol. The van der Waals surface area contributed by atoms with Crippen molar-refractivity contribution in [2.24, 2.45) is 5.73 Å². The highest BCUT2D eigenvalue weighted by Gasteiger charge is 2.16. The van der Waals surface area contributed by atoms with Crippen LogP contribution in [0.1, 0.15) is 22.5 Å². The van der Waals surface area contributed by atoms with E-state index in [0.717, 1.165) is 22.9 Å². The Bertz CT molecular complexity index is 601. The predicted octanol–water partition coefficient (Wildman–Crippen LogP) is 4.10. The van der Waals surface area contributed by atoms with Crippen molar-refractivity contribution < 1.29 is 4.79 Å². The highest BCUT2D eigenvalue weighted by atomic mass is 35.5. The van der Waals surface area contributed by atoms with Crippen LogP contribution < -0.4 is 11.1 Å². The van der Waals surface area contributed by atoms with Crippen LogP contribution in [-0.4, -0.2) is 19.0 Å². The zero-order chi connectivity index (χ0) is 13.8. The first kappa shape index (κ1) is 17.5.